The summed E-state index contributed by atoms with van der Waals surface area (Å²) in [6, 6.07) is 1.72. The second-order valence-corrected chi connectivity index (χ2v) is 2.42. The van der Waals surface area contributed by atoms with Gasteiger partial charge in [-0.2, -0.15) is 5.26 Å². The van der Waals surface area contributed by atoms with E-state index in [2.05, 4.69) is 0 Å². The molecule has 0 saturated carbocycles. The van der Waals surface area contributed by atoms with Crippen molar-refractivity contribution >= 4 is 0 Å². The molecule has 0 aromatic carbocycles. The van der Waals surface area contributed by atoms with Gasteiger partial charge in [-0.3, -0.25) is 0 Å². The summed E-state index contributed by atoms with van der Waals surface area (Å²) in [7, 11) is 0. The maximum absolute atomic E-state index is 8.69. The molecule has 0 fully saturated rings. The highest BCUT2D eigenvalue weighted by atomic mass is 16.5. The van der Waals surface area contributed by atoms with Gasteiger partial charge in [0.15, 0.2) is 0 Å². The highest BCUT2D eigenvalue weighted by molar-refractivity contribution is 4.98. The molecule has 12 heavy (non-hydrogen) atoms. The Bertz CT molecular complexity index is 182. The predicted molar refractivity (Wildman–Crippen MR) is 41.8 cm³/mol. The smallest absolute Gasteiger partial charge is 0.110 e. The largest absolute Gasteiger partial charge is 0.498 e. The van der Waals surface area contributed by atoms with Crippen molar-refractivity contribution in [2.75, 3.05) is 19.8 Å². The number of aliphatic hydroxyl groups excluding tert-OH is 2. The third-order valence-electron chi connectivity index (χ3n) is 1.24. The number of hydrogen-bond donors (Lipinski definition) is 3. The van der Waals surface area contributed by atoms with Gasteiger partial charge in [0.05, 0.1) is 37.2 Å². The molecular formula is C7H12N2O3. The van der Waals surface area contributed by atoms with Gasteiger partial charge < -0.3 is 20.7 Å². The molecule has 0 unspecified atom stereocenters. The number of ether oxygens (including phenoxy) is 1. The molecule has 0 spiro atoms. The van der Waals surface area contributed by atoms with Crippen LogP contribution in [0.2, 0.25) is 0 Å². The van der Waals surface area contributed by atoms with Crippen LogP contribution in [0.4, 0.5) is 0 Å². The van der Waals surface area contributed by atoms with Gasteiger partial charge in [-0.25, -0.2) is 0 Å². The number of aliphatic hydroxyl groups is 2. The molecule has 0 aliphatic rings. The zero-order valence-corrected chi connectivity index (χ0v) is 6.60. The number of allylic oxidation sites excluding steroid dienone is 1. The van der Waals surface area contributed by atoms with Gasteiger partial charge in [0, 0.05) is 0 Å². The lowest BCUT2D eigenvalue weighted by atomic mass is 10.1. The lowest BCUT2D eigenvalue weighted by Crippen LogP contribution is -2.51. The van der Waals surface area contributed by atoms with Crippen molar-refractivity contribution < 1.29 is 14.9 Å². The average molecular weight is 172 g/mol. The third kappa shape index (κ3) is 3.93. The Hall–Kier alpha value is -1.09. The minimum Gasteiger partial charge on any atom is -0.498 e. The van der Waals surface area contributed by atoms with E-state index in [4.69, 9.17) is 25.9 Å². The predicted octanol–water partition coefficient (Wildman–Crippen LogP) is -1.28. The Morgan fingerprint density at radius 2 is 2.08 bits per heavy atom. The van der Waals surface area contributed by atoms with Crippen LogP contribution in [-0.2, 0) is 4.74 Å². The van der Waals surface area contributed by atoms with E-state index < -0.39 is 5.54 Å². The second kappa shape index (κ2) is 5.55. The van der Waals surface area contributed by atoms with Crippen LogP contribution in [0.15, 0.2) is 12.3 Å². The number of nitriles is 1. The van der Waals surface area contributed by atoms with Gasteiger partial charge >= 0.3 is 0 Å². The van der Waals surface area contributed by atoms with Crippen LogP contribution in [0.3, 0.4) is 0 Å². The monoisotopic (exact) mass is 172 g/mol. The van der Waals surface area contributed by atoms with E-state index in [1.807, 2.05) is 0 Å². The van der Waals surface area contributed by atoms with E-state index >= 15 is 0 Å². The maximum atomic E-state index is 8.69. The first-order valence-electron chi connectivity index (χ1n) is 3.35. The number of hydrogen-bond acceptors (Lipinski definition) is 5. The van der Waals surface area contributed by atoms with Crippen LogP contribution in [0.5, 0.6) is 0 Å². The van der Waals surface area contributed by atoms with Crippen molar-refractivity contribution in [1.29, 1.82) is 5.26 Å². The molecule has 0 aliphatic carbocycles. The van der Waals surface area contributed by atoms with Crippen molar-refractivity contribution in [3.05, 3.63) is 12.3 Å². The van der Waals surface area contributed by atoms with Crippen molar-refractivity contribution in [3.8, 4) is 6.07 Å². The summed E-state index contributed by atoms with van der Waals surface area (Å²) in [5, 5.41) is 25.4. The number of nitrogens with zero attached hydrogens (tertiary/aromatic N) is 1. The molecule has 0 aromatic heterocycles. The zero-order valence-electron chi connectivity index (χ0n) is 6.60. The molecule has 5 heteroatoms. The fourth-order valence-electron chi connectivity index (χ4n) is 0.434. The quantitative estimate of drug-likeness (QED) is 0.354. The van der Waals surface area contributed by atoms with E-state index in [9.17, 15) is 0 Å². The van der Waals surface area contributed by atoms with Crippen LogP contribution in [0.1, 0.15) is 0 Å². The molecule has 0 radical (unpaired) electrons. The second-order valence-electron chi connectivity index (χ2n) is 2.42. The summed E-state index contributed by atoms with van der Waals surface area (Å²) in [6.07, 6.45) is 2.29. The van der Waals surface area contributed by atoms with Crippen LogP contribution >= 0.6 is 0 Å². The normalized spacial score (nSPS) is 11.5. The highest BCUT2D eigenvalue weighted by Gasteiger charge is 2.23. The summed E-state index contributed by atoms with van der Waals surface area (Å²) in [4.78, 5) is 0. The van der Waals surface area contributed by atoms with E-state index in [-0.39, 0.29) is 19.8 Å². The van der Waals surface area contributed by atoms with Crippen molar-refractivity contribution in [1.82, 2.24) is 0 Å². The average Bonchev–Trinajstić information content (AvgIpc) is 2.12. The molecule has 4 N–H and O–H groups in total. The Kier molecular flexibility index (Phi) is 5.04. The summed E-state index contributed by atoms with van der Waals surface area (Å²) < 4.78 is 4.77. The Balaban J connectivity index is 3.75. The molecule has 68 valence electrons. The van der Waals surface area contributed by atoms with Crippen molar-refractivity contribution in [3.63, 3.8) is 0 Å². The molecule has 0 bridgehead atoms. The first-order valence-corrected chi connectivity index (χ1v) is 3.35. The highest BCUT2D eigenvalue weighted by Crippen LogP contribution is 1.98. The molecule has 0 saturated heterocycles. The number of rotatable bonds is 5. The zero-order chi connectivity index (χ0) is 9.45. The van der Waals surface area contributed by atoms with E-state index in [1.165, 1.54) is 0 Å². The molecule has 0 aliphatic heterocycles. The Labute approximate surface area is 70.7 Å². The minimum absolute atomic E-state index is 0.0296. The lowest BCUT2D eigenvalue weighted by Gasteiger charge is -2.23. The third-order valence-corrected chi connectivity index (χ3v) is 1.24. The fraction of sp³-hybridized carbons (Fsp3) is 0.571. The van der Waals surface area contributed by atoms with Crippen LogP contribution in [0, 0.1) is 11.3 Å². The van der Waals surface area contributed by atoms with Crippen LogP contribution in [0.25, 0.3) is 0 Å². The molecule has 0 rings (SSSR count). The van der Waals surface area contributed by atoms with Crippen molar-refractivity contribution in [2.24, 2.45) is 5.73 Å². The minimum atomic E-state index is -1.14. The van der Waals surface area contributed by atoms with E-state index in [1.54, 1.807) is 6.07 Å². The first kappa shape index (κ1) is 10.9. The maximum Gasteiger partial charge on any atom is 0.110 e. The van der Waals surface area contributed by atoms with E-state index in [0.29, 0.717) is 0 Å². The molecule has 0 amide bonds. The van der Waals surface area contributed by atoms with Gasteiger partial charge in [-0.05, 0) is 0 Å². The first-order chi connectivity index (χ1) is 5.68. The standard InChI is InChI=1S/C7H12N2O3/c8-2-1-3-12-6-7(9,4-10)5-11/h1,3,10-11H,4-6,9H2/b3-1+. The Morgan fingerprint density at radius 3 is 2.50 bits per heavy atom. The summed E-state index contributed by atoms with van der Waals surface area (Å²) in [5.41, 5.74) is 4.30. The molecule has 0 aromatic rings. The molecule has 0 atom stereocenters. The van der Waals surface area contributed by atoms with Crippen molar-refractivity contribution in [2.45, 2.75) is 5.54 Å². The van der Waals surface area contributed by atoms with Gasteiger partial charge in [0.2, 0.25) is 0 Å². The Morgan fingerprint density at radius 1 is 1.50 bits per heavy atom. The van der Waals surface area contributed by atoms with Gasteiger partial charge in [0.1, 0.15) is 6.61 Å². The number of nitrogens with two attached hydrogens (primary N) is 1. The van der Waals surface area contributed by atoms with Gasteiger partial charge in [-0.1, -0.05) is 0 Å². The fourth-order valence-corrected chi connectivity index (χ4v) is 0.434. The van der Waals surface area contributed by atoms with Gasteiger partial charge in [0.25, 0.3) is 0 Å². The topological polar surface area (TPSA) is 99.5 Å². The molecular weight excluding hydrogens is 160 g/mol. The lowest BCUT2D eigenvalue weighted by molar-refractivity contribution is 0.0621. The summed E-state index contributed by atoms with van der Waals surface area (Å²) >= 11 is 0. The van der Waals surface area contributed by atoms with Gasteiger partial charge in [-0.15, -0.1) is 0 Å². The van der Waals surface area contributed by atoms with Crippen LogP contribution in [-0.4, -0.2) is 35.6 Å². The van der Waals surface area contributed by atoms with Crippen LogP contribution < -0.4 is 5.73 Å². The summed E-state index contributed by atoms with van der Waals surface area (Å²) in [6.45, 7) is -0.772. The molecule has 5 nitrogen and oxygen atoms in total. The summed E-state index contributed by atoms with van der Waals surface area (Å²) in [5.74, 6) is 0. The molecule has 0 heterocycles. The SMILES string of the molecule is N#C/C=C/OCC(N)(CO)CO. The van der Waals surface area contributed by atoms with E-state index in [0.717, 1.165) is 12.3 Å².